The number of amides is 1. The number of hydrogen-bond donors (Lipinski definition) is 3. The van der Waals surface area contributed by atoms with Crippen LogP contribution in [-0.2, 0) is 4.57 Å². The van der Waals surface area contributed by atoms with Crippen molar-refractivity contribution >= 4 is 30.6 Å². The van der Waals surface area contributed by atoms with Crippen LogP contribution in [0.25, 0.3) is 22.3 Å². The highest BCUT2D eigenvalue weighted by Crippen LogP contribution is 2.28. The van der Waals surface area contributed by atoms with Crippen LogP contribution in [0, 0.1) is 0 Å². The summed E-state index contributed by atoms with van der Waals surface area (Å²) in [6, 6.07) is 29.3. The summed E-state index contributed by atoms with van der Waals surface area (Å²) in [6.07, 6.45) is 0. The molecule has 154 valence electrons. The number of benzene rings is 4. The number of rotatable bonds is 5. The van der Waals surface area contributed by atoms with Gasteiger partial charge in [0.05, 0.1) is 11.4 Å². The van der Waals surface area contributed by atoms with Crippen LogP contribution in [0.15, 0.2) is 97.1 Å². The molecule has 0 aromatic heterocycles. The first-order valence-electron chi connectivity index (χ1n) is 9.72. The first-order chi connectivity index (χ1) is 15.0. The minimum atomic E-state index is -2.83. The summed E-state index contributed by atoms with van der Waals surface area (Å²) in [5.41, 5.74) is 11.0. The van der Waals surface area contributed by atoms with Gasteiger partial charge in [0, 0.05) is 10.9 Å². The van der Waals surface area contributed by atoms with Gasteiger partial charge < -0.3 is 15.9 Å². The molecule has 0 fully saturated rings. The second-order valence-electron chi connectivity index (χ2n) is 7.05. The number of nitrogens with two attached hydrogens (primary N) is 1. The molecule has 1 unspecified atom stereocenters. The predicted molar refractivity (Wildman–Crippen MR) is 127 cm³/mol. The first-order valence-corrected chi connectivity index (χ1v) is 11.1. The average molecular weight is 428 g/mol. The van der Waals surface area contributed by atoms with Crippen LogP contribution in [-0.4, -0.2) is 10.8 Å². The van der Waals surface area contributed by atoms with Crippen molar-refractivity contribution in [3.8, 4) is 22.3 Å². The van der Waals surface area contributed by atoms with Crippen molar-refractivity contribution < 1.29 is 14.3 Å². The molecule has 0 aliphatic carbocycles. The smallest absolute Gasteiger partial charge is 0.255 e. The Kier molecular flexibility index (Phi) is 5.99. The fraction of sp³-hybridized carbons (Fsp3) is 0. The van der Waals surface area contributed by atoms with E-state index in [2.05, 4.69) is 5.32 Å². The fourth-order valence-corrected chi connectivity index (χ4v) is 4.09. The minimum absolute atomic E-state index is 0.285. The molecule has 0 aliphatic rings. The summed E-state index contributed by atoms with van der Waals surface area (Å²) in [5, 5.41) is 3.27. The third kappa shape index (κ3) is 4.58. The lowest BCUT2D eigenvalue weighted by Gasteiger charge is -2.12. The summed E-state index contributed by atoms with van der Waals surface area (Å²) < 4.78 is 11.6. The van der Waals surface area contributed by atoms with E-state index in [0.29, 0.717) is 27.8 Å². The molecule has 6 heteroatoms. The Labute approximate surface area is 181 Å². The zero-order chi connectivity index (χ0) is 21.8. The molecule has 5 nitrogen and oxygen atoms in total. The van der Waals surface area contributed by atoms with Crippen LogP contribution < -0.4 is 16.4 Å². The maximum Gasteiger partial charge on any atom is 0.255 e. The Balaban J connectivity index is 1.57. The largest absolute Gasteiger partial charge is 0.397 e. The second kappa shape index (κ2) is 9.00. The summed E-state index contributed by atoms with van der Waals surface area (Å²) >= 11 is 0. The highest BCUT2D eigenvalue weighted by Gasteiger charge is 2.12. The van der Waals surface area contributed by atoms with Gasteiger partial charge in [0.2, 0.25) is 8.03 Å². The van der Waals surface area contributed by atoms with Crippen LogP contribution in [0.3, 0.4) is 0 Å². The Morgan fingerprint density at radius 1 is 0.774 bits per heavy atom. The Bertz CT molecular complexity index is 1260. The summed E-state index contributed by atoms with van der Waals surface area (Å²) in [4.78, 5) is 22.4. The molecule has 4 aromatic carbocycles. The molecule has 31 heavy (non-hydrogen) atoms. The van der Waals surface area contributed by atoms with E-state index in [1.165, 1.54) is 0 Å². The van der Waals surface area contributed by atoms with Crippen LogP contribution in [0.5, 0.6) is 0 Å². The molecule has 4 rings (SSSR count). The van der Waals surface area contributed by atoms with Crippen LogP contribution >= 0.6 is 8.03 Å². The number of carbonyl (C=O) groups excluding carboxylic acids is 1. The van der Waals surface area contributed by atoms with Crippen LogP contribution in [0.2, 0.25) is 0 Å². The van der Waals surface area contributed by atoms with Crippen molar-refractivity contribution in [1.82, 2.24) is 0 Å². The lowest BCUT2D eigenvalue weighted by molar-refractivity contribution is 0.102. The average Bonchev–Trinajstić information content (AvgIpc) is 2.81. The molecule has 0 radical (unpaired) electrons. The molecule has 4 N–H and O–H groups in total. The SMILES string of the molecule is Nc1ccc(-c2ccccc2)cc1NC(=O)c1ccc(-c2ccccc2[PH](=O)O)cc1. The van der Waals surface area contributed by atoms with E-state index < -0.39 is 8.03 Å². The molecule has 0 spiro atoms. The van der Waals surface area contributed by atoms with E-state index in [-0.39, 0.29) is 5.91 Å². The quantitative estimate of drug-likeness (QED) is 0.310. The van der Waals surface area contributed by atoms with Gasteiger partial charge in [0.15, 0.2) is 0 Å². The van der Waals surface area contributed by atoms with Gasteiger partial charge in [-0.05, 0) is 52.6 Å². The van der Waals surface area contributed by atoms with Gasteiger partial charge in [-0.1, -0.05) is 66.7 Å². The molecular weight excluding hydrogens is 407 g/mol. The number of hydrogen-bond acceptors (Lipinski definition) is 3. The normalized spacial score (nSPS) is 11.6. The Morgan fingerprint density at radius 2 is 1.42 bits per heavy atom. The van der Waals surface area contributed by atoms with Crippen LogP contribution in [0.1, 0.15) is 10.4 Å². The third-order valence-electron chi connectivity index (χ3n) is 5.02. The van der Waals surface area contributed by atoms with E-state index in [1.807, 2.05) is 48.5 Å². The lowest BCUT2D eigenvalue weighted by atomic mass is 10.0. The van der Waals surface area contributed by atoms with Gasteiger partial charge in [0.1, 0.15) is 0 Å². The molecule has 0 bridgehead atoms. The molecular formula is C25H21N2O3P. The maximum absolute atomic E-state index is 12.8. The van der Waals surface area contributed by atoms with Crippen molar-refractivity contribution in [2.24, 2.45) is 0 Å². The predicted octanol–water partition coefficient (Wildman–Crippen LogP) is 4.95. The highest BCUT2D eigenvalue weighted by molar-refractivity contribution is 7.47. The van der Waals surface area contributed by atoms with Gasteiger partial charge in [-0.3, -0.25) is 9.36 Å². The van der Waals surface area contributed by atoms with Gasteiger partial charge >= 0.3 is 0 Å². The van der Waals surface area contributed by atoms with Crippen molar-refractivity contribution in [1.29, 1.82) is 0 Å². The molecule has 0 aliphatic heterocycles. The van der Waals surface area contributed by atoms with E-state index in [1.54, 1.807) is 48.5 Å². The third-order valence-corrected chi connectivity index (χ3v) is 5.92. The standard InChI is InChI=1S/C25H21N2O3P/c26-22-15-14-20(17-6-2-1-3-7-17)16-23(22)27-25(28)19-12-10-18(11-13-19)21-8-4-5-9-24(21)31(29)30/h1-16,31H,26H2,(H,27,28)(H,29,30). The van der Waals surface area contributed by atoms with E-state index in [0.717, 1.165) is 16.7 Å². The second-order valence-corrected chi connectivity index (χ2v) is 8.20. The van der Waals surface area contributed by atoms with E-state index >= 15 is 0 Å². The topological polar surface area (TPSA) is 92.4 Å². The molecule has 0 saturated heterocycles. The highest BCUT2D eigenvalue weighted by atomic mass is 31.1. The Hall–Kier alpha value is -3.66. The Morgan fingerprint density at radius 3 is 2.13 bits per heavy atom. The number of nitrogen functional groups attached to an aromatic ring is 1. The monoisotopic (exact) mass is 428 g/mol. The number of nitrogens with one attached hydrogen (secondary N) is 1. The van der Waals surface area contributed by atoms with Gasteiger partial charge in [-0.15, -0.1) is 0 Å². The van der Waals surface area contributed by atoms with Gasteiger partial charge in [-0.2, -0.15) is 0 Å². The molecule has 1 atom stereocenters. The van der Waals surface area contributed by atoms with E-state index in [9.17, 15) is 14.3 Å². The first kappa shape index (κ1) is 20.6. The molecule has 0 heterocycles. The van der Waals surface area contributed by atoms with Gasteiger partial charge in [0.25, 0.3) is 5.91 Å². The number of carbonyl (C=O) groups is 1. The van der Waals surface area contributed by atoms with Crippen molar-refractivity contribution in [2.45, 2.75) is 0 Å². The van der Waals surface area contributed by atoms with E-state index in [4.69, 9.17) is 5.73 Å². The van der Waals surface area contributed by atoms with Gasteiger partial charge in [-0.25, -0.2) is 0 Å². The zero-order valence-electron chi connectivity index (χ0n) is 16.6. The molecule has 0 saturated carbocycles. The van der Waals surface area contributed by atoms with Crippen molar-refractivity contribution in [3.05, 3.63) is 103 Å². The fourth-order valence-electron chi connectivity index (χ4n) is 3.39. The lowest BCUT2D eigenvalue weighted by Crippen LogP contribution is -2.13. The number of anilines is 2. The maximum atomic E-state index is 12.8. The molecule has 4 aromatic rings. The van der Waals surface area contributed by atoms with Crippen molar-refractivity contribution in [2.75, 3.05) is 11.1 Å². The summed E-state index contributed by atoms with van der Waals surface area (Å²) in [5.74, 6) is -0.285. The van der Waals surface area contributed by atoms with Crippen LogP contribution in [0.4, 0.5) is 11.4 Å². The summed E-state index contributed by atoms with van der Waals surface area (Å²) in [7, 11) is -2.83. The molecule has 1 amide bonds. The summed E-state index contributed by atoms with van der Waals surface area (Å²) in [6.45, 7) is 0. The minimum Gasteiger partial charge on any atom is -0.397 e. The zero-order valence-corrected chi connectivity index (χ0v) is 17.6. The van der Waals surface area contributed by atoms with Crippen molar-refractivity contribution in [3.63, 3.8) is 0 Å².